The topological polar surface area (TPSA) is 108 Å². The van der Waals surface area contributed by atoms with Crippen molar-refractivity contribution in [3.05, 3.63) is 85.8 Å². The fourth-order valence-electron chi connectivity index (χ4n) is 3.97. The van der Waals surface area contributed by atoms with E-state index in [1.165, 1.54) is 18.2 Å². The first-order chi connectivity index (χ1) is 17.4. The third-order valence-corrected chi connectivity index (χ3v) is 8.33. The van der Waals surface area contributed by atoms with Crippen molar-refractivity contribution in [2.24, 2.45) is 5.92 Å². The van der Waals surface area contributed by atoms with Crippen molar-refractivity contribution in [2.75, 3.05) is 16.0 Å². The monoisotopic (exact) mass is 643 g/mol. The zero-order valence-electron chi connectivity index (χ0n) is 18.9. The van der Waals surface area contributed by atoms with Crippen molar-refractivity contribution >= 4 is 97.3 Å². The second-order valence-electron chi connectivity index (χ2n) is 8.40. The summed E-state index contributed by atoms with van der Waals surface area (Å²) < 4.78 is -0.637. The lowest BCUT2D eigenvalue weighted by molar-refractivity contribution is -0.117. The molecule has 3 aromatic carbocycles. The molecule has 1 saturated carbocycles. The predicted molar refractivity (Wildman–Crippen MR) is 151 cm³/mol. The number of carbonyl (C=O) groups is 3. The van der Waals surface area contributed by atoms with E-state index in [9.17, 15) is 14.4 Å². The van der Waals surface area contributed by atoms with Gasteiger partial charge in [0.25, 0.3) is 5.91 Å². The van der Waals surface area contributed by atoms with Crippen LogP contribution in [0.5, 0.6) is 0 Å². The minimum absolute atomic E-state index is 0.128. The summed E-state index contributed by atoms with van der Waals surface area (Å²) in [6.07, 6.45) is -1.19. The van der Waals surface area contributed by atoms with Crippen molar-refractivity contribution in [3.8, 4) is 0 Å². The molecule has 1 aliphatic rings. The highest BCUT2D eigenvalue weighted by Crippen LogP contribution is 2.65. The number of anilines is 3. The van der Waals surface area contributed by atoms with Crippen LogP contribution in [-0.2, 0) is 4.79 Å². The van der Waals surface area contributed by atoms with Gasteiger partial charge in [-0.1, -0.05) is 29.3 Å². The molecule has 0 unspecified atom stereocenters. The molecule has 3 amide bonds. The van der Waals surface area contributed by atoms with Gasteiger partial charge in [0.2, 0.25) is 5.91 Å². The van der Waals surface area contributed by atoms with E-state index in [1.807, 2.05) is 0 Å². The molecule has 0 radical (unpaired) electrons. The van der Waals surface area contributed by atoms with Crippen molar-refractivity contribution in [2.45, 2.75) is 17.2 Å². The molecule has 0 aliphatic heterocycles. The number of aryl methyl sites for hydroxylation is 1. The molecule has 0 spiro atoms. The number of rotatable bonds is 6. The smallest absolute Gasteiger partial charge is 0.409 e. The van der Waals surface area contributed by atoms with Crippen LogP contribution in [-0.4, -0.2) is 27.3 Å². The molecule has 0 heterocycles. The van der Waals surface area contributed by atoms with Crippen LogP contribution >= 0.6 is 62.3 Å². The molecule has 0 aromatic heterocycles. The fraction of sp³-hybridized carbons (Fsp3) is 0.160. The molecular weight excluding hydrogens is 628 g/mol. The van der Waals surface area contributed by atoms with Gasteiger partial charge in [-0.05, 0) is 82.5 Å². The lowest BCUT2D eigenvalue weighted by Crippen LogP contribution is -2.18. The first-order valence-electron chi connectivity index (χ1n) is 10.7. The highest BCUT2D eigenvalue weighted by molar-refractivity contribution is 9.10. The van der Waals surface area contributed by atoms with E-state index in [4.69, 9.17) is 51.5 Å². The first-order valence-corrected chi connectivity index (χ1v) is 13.0. The summed E-state index contributed by atoms with van der Waals surface area (Å²) in [7, 11) is 0. The fourth-order valence-corrected chi connectivity index (χ4v) is 5.51. The summed E-state index contributed by atoms with van der Waals surface area (Å²) in [5.74, 6) is -2.09. The van der Waals surface area contributed by atoms with Crippen molar-refractivity contribution < 1.29 is 19.5 Å². The summed E-state index contributed by atoms with van der Waals surface area (Å²) in [5.41, 5.74) is 2.69. The number of hydrogen-bond acceptors (Lipinski definition) is 3. The number of hydrogen-bond donors (Lipinski definition) is 4. The van der Waals surface area contributed by atoms with Gasteiger partial charge < -0.3 is 15.7 Å². The highest BCUT2D eigenvalue weighted by atomic mass is 79.9. The molecule has 3 aromatic rings. The van der Waals surface area contributed by atoms with E-state index in [1.54, 1.807) is 43.3 Å². The number of alkyl halides is 2. The lowest BCUT2D eigenvalue weighted by atomic mass is 10.1. The quantitative estimate of drug-likeness (QED) is 0.204. The van der Waals surface area contributed by atoms with Crippen molar-refractivity contribution in [1.82, 2.24) is 0 Å². The van der Waals surface area contributed by atoms with Crippen LogP contribution in [0.15, 0.2) is 59.1 Å². The summed E-state index contributed by atoms with van der Waals surface area (Å²) in [6, 6.07) is 14.4. The van der Waals surface area contributed by atoms with Crippen LogP contribution in [0, 0.1) is 12.8 Å². The van der Waals surface area contributed by atoms with E-state index in [2.05, 4.69) is 31.9 Å². The Morgan fingerprint density at radius 1 is 0.892 bits per heavy atom. The summed E-state index contributed by atoms with van der Waals surface area (Å²) in [5, 5.41) is 17.3. The molecule has 1 aliphatic carbocycles. The maximum absolute atomic E-state index is 13.0. The second kappa shape index (κ2) is 10.7. The maximum atomic E-state index is 13.0. The largest absolute Gasteiger partial charge is 0.465 e. The summed E-state index contributed by atoms with van der Waals surface area (Å²) in [4.78, 5) is 36.8. The molecule has 0 bridgehead atoms. The molecule has 0 saturated heterocycles. The average molecular weight is 646 g/mol. The Bertz CT molecular complexity index is 1430. The second-order valence-corrected chi connectivity index (χ2v) is 11.5. The highest BCUT2D eigenvalue weighted by Gasteiger charge is 2.67. The molecule has 1 fully saturated rings. The van der Waals surface area contributed by atoms with Gasteiger partial charge in [0.05, 0.1) is 21.5 Å². The van der Waals surface area contributed by atoms with Crippen LogP contribution in [0.1, 0.15) is 27.4 Å². The van der Waals surface area contributed by atoms with E-state index >= 15 is 0 Å². The van der Waals surface area contributed by atoms with Crippen LogP contribution in [0.2, 0.25) is 10.0 Å². The standard InChI is InChI=1S/C25H18BrCl4N3O4/c1-11-8-13(32-24(36)37)4-7-19(11)33-22(34)15-10-14(3-6-17(15)27)31-23(35)21-20(25(21,29)30)12-2-5-18(28)16(26)9-12/h2-10,20-21,32H,1H3,(H,31,35)(H,33,34)(H,36,37)/t20-,21+/m1/s1. The Balaban J connectivity index is 1.48. The molecule has 12 heteroatoms. The molecule has 4 rings (SSSR count). The van der Waals surface area contributed by atoms with Gasteiger partial charge in [-0.3, -0.25) is 14.9 Å². The molecule has 4 N–H and O–H groups in total. The Morgan fingerprint density at radius 3 is 2.19 bits per heavy atom. The predicted octanol–water partition coefficient (Wildman–Crippen LogP) is 7.93. The van der Waals surface area contributed by atoms with Gasteiger partial charge in [0, 0.05) is 27.5 Å². The Labute approximate surface area is 240 Å². The SMILES string of the molecule is Cc1cc(NC(=O)O)ccc1NC(=O)c1cc(NC(=O)[C@@H]2[C@@H](c3ccc(Cl)c(Br)c3)C2(Cl)Cl)ccc1Cl. The summed E-state index contributed by atoms with van der Waals surface area (Å²) in [6.45, 7) is 1.72. The van der Waals surface area contributed by atoms with E-state index < -0.39 is 34.1 Å². The zero-order chi connectivity index (χ0) is 27.1. The van der Waals surface area contributed by atoms with Crippen LogP contribution in [0.25, 0.3) is 0 Å². The zero-order valence-corrected chi connectivity index (χ0v) is 23.5. The average Bonchev–Trinajstić information content (AvgIpc) is 3.40. The van der Waals surface area contributed by atoms with Gasteiger partial charge in [-0.15, -0.1) is 23.2 Å². The van der Waals surface area contributed by atoms with Gasteiger partial charge in [-0.25, -0.2) is 4.79 Å². The molecule has 2 atom stereocenters. The first kappa shape index (κ1) is 27.5. The number of amides is 3. The van der Waals surface area contributed by atoms with Gasteiger partial charge in [0.15, 0.2) is 0 Å². The maximum Gasteiger partial charge on any atom is 0.409 e. The third kappa shape index (κ3) is 5.99. The minimum atomic E-state index is -1.30. The minimum Gasteiger partial charge on any atom is -0.465 e. The normalized spacial score (nSPS) is 17.6. The molecule has 7 nitrogen and oxygen atoms in total. The van der Waals surface area contributed by atoms with Gasteiger partial charge >= 0.3 is 6.09 Å². The number of nitrogens with one attached hydrogen (secondary N) is 3. The van der Waals surface area contributed by atoms with Crippen LogP contribution < -0.4 is 16.0 Å². The van der Waals surface area contributed by atoms with E-state index in [0.717, 1.165) is 5.56 Å². The Morgan fingerprint density at radius 2 is 1.54 bits per heavy atom. The summed E-state index contributed by atoms with van der Waals surface area (Å²) >= 11 is 28.6. The number of halogens is 5. The number of carbonyl (C=O) groups excluding carboxylic acids is 2. The van der Waals surface area contributed by atoms with Gasteiger partial charge in [0.1, 0.15) is 4.33 Å². The van der Waals surface area contributed by atoms with Crippen LogP contribution in [0.3, 0.4) is 0 Å². The Hall–Kier alpha value is -2.49. The number of carboxylic acid groups (broad SMARTS) is 1. The number of benzene rings is 3. The molecule has 192 valence electrons. The van der Waals surface area contributed by atoms with Crippen molar-refractivity contribution in [3.63, 3.8) is 0 Å². The van der Waals surface area contributed by atoms with E-state index in [0.29, 0.717) is 32.1 Å². The Kier molecular flexibility index (Phi) is 7.97. The molecular formula is C25H18BrCl4N3O4. The van der Waals surface area contributed by atoms with Crippen molar-refractivity contribution in [1.29, 1.82) is 0 Å². The van der Waals surface area contributed by atoms with Gasteiger partial charge in [-0.2, -0.15) is 0 Å². The van der Waals surface area contributed by atoms with Crippen LogP contribution in [0.4, 0.5) is 21.9 Å². The third-order valence-electron chi connectivity index (χ3n) is 5.84. The lowest BCUT2D eigenvalue weighted by Gasteiger charge is -2.12. The van der Waals surface area contributed by atoms with E-state index in [-0.39, 0.29) is 10.6 Å². The molecule has 37 heavy (non-hydrogen) atoms.